The number of halogens is 1. The van der Waals surface area contributed by atoms with Gasteiger partial charge in [0.25, 0.3) is 0 Å². The molecule has 0 unspecified atom stereocenters. The molecule has 1 amide bonds. The summed E-state index contributed by atoms with van der Waals surface area (Å²) in [5.41, 5.74) is 0.759. The van der Waals surface area contributed by atoms with Crippen molar-refractivity contribution < 1.29 is 14.3 Å². The van der Waals surface area contributed by atoms with E-state index < -0.39 is 0 Å². The maximum atomic E-state index is 11.9. The molecule has 0 radical (unpaired) electrons. The molecule has 0 heterocycles. The molecule has 0 bridgehead atoms. The molecule has 0 aliphatic carbocycles. The third kappa shape index (κ3) is 6.50. The van der Waals surface area contributed by atoms with Crippen LogP contribution in [0, 0.1) is 0 Å². The van der Waals surface area contributed by atoms with Crippen molar-refractivity contribution in [2.24, 2.45) is 0 Å². The second-order valence-corrected chi connectivity index (χ2v) is 6.08. The first-order chi connectivity index (χ1) is 11.5. The molecule has 24 heavy (non-hydrogen) atoms. The Kier molecular flexibility index (Phi) is 6.94. The molecule has 0 aliphatic rings. The maximum absolute atomic E-state index is 11.9. The second-order valence-electron chi connectivity index (χ2n) is 5.65. The molecule has 0 atom stereocenters. The highest BCUT2D eigenvalue weighted by molar-refractivity contribution is 6.30. The fourth-order valence-corrected chi connectivity index (χ4v) is 2.19. The number of ether oxygens (including phenoxy) is 2. The van der Waals surface area contributed by atoms with E-state index in [1.165, 1.54) is 0 Å². The summed E-state index contributed by atoms with van der Waals surface area (Å²) in [7, 11) is 0. The van der Waals surface area contributed by atoms with Crippen molar-refractivity contribution in [3.05, 3.63) is 53.6 Å². The van der Waals surface area contributed by atoms with Crippen molar-refractivity contribution >= 4 is 23.2 Å². The van der Waals surface area contributed by atoms with Crippen LogP contribution in [-0.4, -0.2) is 18.6 Å². The number of nitrogens with one attached hydrogen (secondary N) is 1. The number of benzene rings is 2. The lowest BCUT2D eigenvalue weighted by atomic mass is 10.2. The first-order valence-electron chi connectivity index (χ1n) is 7.98. The van der Waals surface area contributed by atoms with Crippen LogP contribution in [-0.2, 0) is 4.79 Å². The van der Waals surface area contributed by atoms with Crippen molar-refractivity contribution in [2.45, 2.75) is 32.8 Å². The van der Waals surface area contributed by atoms with Gasteiger partial charge in [-0.15, -0.1) is 0 Å². The molecule has 0 saturated carbocycles. The molecule has 5 heteroatoms. The number of carbonyl (C=O) groups is 1. The van der Waals surface area contributed by atoms with Crippen molar-refractivity contribution in [1.29, 1.82) is 0 Å². The van der Waals surface area contributed by atoms with Crippen LogP contribution in [0.2, 0.25) is 5.02 Å². The van der Waals surface area contributed by atoms with Gasteiger partial charge in [-0.2, -0.15) is 0 Å². The van der Waals surface area contributed by atoms with Crippen LogP contribution in [0.5, 0.6) is 11.5 Å². The van der Waals surface area contributed by atoms with Crippen LogP contribution >= 0.6 is 11.6 Å². The third-order valence-corrected chi connectivity index (χ3v) is 3.39. The third-order valence-electron chi connectivity index (χ3n) is 3.14. The van der Waals surface area contributed by atoms with Gasteiger partial charge in [-0.25, -0.2) is 0 Å². The van der Waals surface area contributed by atoms with E-state index in [0.717, 1.165) is 17.2 Å². The lowest BCUT2D eigenvalue weighted by Crippen LogP contribution is -2.13. The summed E-state index contributed by atoms with van der Waals surface area (Å²) in [5, 5.41) is 3.53. The Morgan fingerprint density at radius 3 is 2.29 bits per heavy atom. The molecule has 2 rings (SSSR count). The highest BCUT2D eigenvalue weighted by Gasteiger charge is 2.04. The molecular weight excluding hydrogens is 326 g/mol. The highest BCUT2D eigenvalue weighted by Crippen LogP contribution is 2.18. The van der Waals surface area contributed by atoms with Crippen LogP contribution < -0.4 is 14.8 Å². The van der Waals surface area contributed by atoms with Gasteiger partial charge in [-0.05, 0) is 68.8 Å². The molecule has 0 aliphatic heterocycles. The standard InChI is InChI=1S/C19H22ClNO3/c1-14(2)24-18-11-7-16(8-12-18)21-19(22)4-3-13-23-17-9-5-15(20)6-10-17/h5-12,14H,3-4,13H2,1-2H3,(H,21,22). The molecule has 1 N–H and O–H groups in total. The SMILES string of the molecule is CC(C)Oc1ccc(NC(=O)CCCOc2ccc(Cl)cc2)cc1. The van der Waals surface area contributed by atoms with E-state index in [9.17, 15) is 4.79 Å². The number of carbonyl (C=O) groups excluding carboxylic acids is 1. The van der Waals surface area contributed by atoms with Crippen LogP contribution in [0.1, 0.15) is 26.7 Å². The zero-order valence-electron chi connectivity index (χ0n) is 13.9. The van der Waals surface area contributed by atoms with E-state index in [-0.39, 0.29) is 12.0 Å². The van der Waals surface area contributed by atoms with Gasteiger partial charge in [0.2, 0.25) is 5.91 Å². The van der Waals surface area contributed by atoms with E-state index in [2.05, 4.69) is 5.32 Å². The average molecular weight is 348 g/mol. The van der Waals surface area contributed by atoms with Gasteiger partial charge in [-0.1, -0.05) is 11.6 Å². The van der Waals surface area contributed by atoms with Crippen molar-refractivity contribution in [3.8, 4) is 11.5 Å². The highest BCUT2D eigenvalue weighted by atomic mass is 35.5. The van der Waals surface area contributed by atoms with Gasteiger partial charge in [-0.3, -0.25) is 4.79 Å². The van der Waals surface area contributed by atoms with Gasteiger partial charge < -0.3 is 14.8 Å². The first-order valence-corrected chi connectivity index (χ1v) is 8.35. The van der Waals surface area contributed by atoms with Gasteiger partial charge in [0.1, 0.15) is 11.5 Å². The largest absolute Gasteiger partial charge is 0.494 e. The van der Waals surface area contributed by atoms with Crippen molar-refractivity contribution in [3.63, 3.8) is 0 Å². The number of rotatable bonds is 8. The van der Waals surface area contributed by atoms with Gasteiger partial charge in [0.05, 0.1) is 12.7 Å². The number of anilines is 1. The molecular formula is C19H22ClNO3. The average Bonchev–Trinajstić information content (AvgIpc) is 2.55. The van der Waals surface area contributed by atoms with Crippen LogP contribution in [0.15, 0.2) is 48.5 Å². The molecule has 2 aromatic rings. The predicted octanol–water partition coefficient (Wildman–Crippen LogP) is 4.92. The van der Waals surface area contributed by atoms with Crippen LogP contribution in [0.3, 0.4) is 0 Å². The van der Waals surface area contributed by atoms with E-state index in [0.29, 0.717) is 24.5 Å². The Balaban J connectivity index is 1.68. The Hall–Kier alpha value is -2.20. The van der Waals surface area contributed by atoms with Gasteiger partial charge >= 0.3 is 0 Å². The lowest BCUT2D eigenvalue weighted by molar-refractivity contribution is -0.116. The normalized spacial score (nSPS) is 10.5. The molecule has 0 fully saturated rings. The number of hydrogen-bond acceptors (Lipinski definition) is 3. The Morgan fingerprint density at radius 2 is 1.67 bits per heavy atom. The second kappa shape index (κ2) is 9.18. The molecule has 4 nitrogen and oxygen atoms in total. The fourth-order valence-electron chi connectivity index (χ4n) is 2.07. The zero-order chi connectivity index (χ0) is 17.4. The van der Waals surface area contributed by atoms with Gasteiger partial charge in [0, 0.05) is 17.1 Å². The summed E-state index contributed by atoms with van der Waals surface area (Å²) in [4.78, 5) is 11.9. The Bertz CT molecular complexity index is 639. The minimum Gasteiger partial charge on any atom is -0.494 e. The first kappa shape index (κ1) is 18.1. The predicted molar refractivity (Wildman–Crippen MR) is 97.0 cm³/mol. The minimum absolute atomic E-state index is 0.0350. The van der Waals surface area contributed by atoms with Crippen molar-refractivity contribution in [1.82, 2.24) is 0 Å². The molecule has 2 aromatic carbocycles. The lowest BCUT2D eigenvalue weighted by Gasteiger charge is -2.11. The summed E-state index contributed by atoms with van der Waals surface area (Å²) < 4.78 is 11.1. The molecule has 0 saturated heterocycles. The van der Waals surface area contributed by atoms with Crippen LogP contribution in [0.25, 0.3) is 0 Å². The fraction of sp³-hybridized carbons (Fsp3) is 0.316. The quantitative estimate of drug-likeness (QED) is 0.689. The molecule has 0 spiro atoms. The van der Waals surface area contributed by atoms with E-state index >= 15 is 0 Å². The Morgan fingerprint density at radius 1 is 1.04 bits per heavy atom. The smallest absolute Gasteiger partial charge is 0.224 e. The zero-order valence-corrected chi connectivity index (χ0v) is 14.7. The van der Waals surface area contributed by atoms with Crippen molar-refractivity contribution in [2.75, 3.05) is 11.9 Å². The van der Waals surface area contributed by atoms with Crippen LogP contribution in [0.4, 0.5) is 5.69 Å². The summed E-state index contributed by atoms with van der Waals surface area (Å²) in [6.45, 7) is 4.43. The van der Waals surface area contributed by atoms with E-state index in [4.69, 9.17) is 21.1 Å². The Labute approximate surface area is 147 Å². The molecule has 128 valence electrons. The summed E-state index contributed by atoms with van der Waals surface area (Å²) >= 11 is 5.81. The van der Waals surface area contributed by atoms with Gasteiger partial charge in [0.15, 0.2) is 0 Å². The summed E-state index contributed by atoms with van der Waals surface area (Å²) in [6.07, 6.45) is 1.17. The monoisotopic (exact) mass is 347 g/mol. The topological polar surface area (TPSA) is 47.6 Å². The number of hydrogen-bond donors (Lipinski definition) is 1. The number of amides is 1. The summed E-state index contributed by atoms with van der Waals surface area (Å²) in [5.74, 6) is 1.51. The summed E-state index contributed by atoms with van der Waals surface area (Å²) in [6, 6.07) is 14.5. The maximum Gasteiger partial charge on any atom is 0.224 e. The van der Waals surface area contributed by atoms with E-state index in [1.54, 1.807) is 12.1 Å². The minimum atomic E-state index is -0.0350. The molecule has 0 aromatic heterocycles. The van der Waals surface area contributed by atoms with E-state index in [1.807, 2.05) is 50.2 Å².